The molecule has 0 bridgehead atoms. The average Bonchev–Trinajstić information content (AvgIpc) is 2.35. The zero-order valence-corrected chi connectivity index (χ0v) is 12.1. The first-order chi connectivity index (χ1) is 9.86. The second kappa shape index (κ2) is 6.30. The van der Waals surface area contributed by atoms with Crippen molar-refractivity contribution < 1.29 is 23.8 Å². The smallest absolute Gasteiger partial charge is 0.306 e. The third-order valence-corrected chi connectivity index (χ3v) is 3.70. The molecule has 2 N–H and O–H groups in total. The lowest BCUT2D eigenvalue weighted by molar-refractivity contribution is -0.146. The Kier molecular flexibility index (Phi) is 4.67. The second-order valence-electron chi connectivity index (χ2n) is 5.05. The predicted molar refractivity (Wildman–Crippen MR) is 73.8 cm³/mol. The van der Waals surface area contributed by atoms with Gasteiger partial charge in [0.25, 0.3) is 5.91 Å². The van der Waals surface area contributed by atoms with Crippen LogP contribution < -0.4 is 10.1 Å². The van der Waals surface area contributed by atoms with Gasteiger partial charge < -0.3 is 15.2 Å². The summed E-state index contributed by atoms with van der Waals surface area (Å²) in [5.41, 5.74) is 0. The van der Waals surface area contributed by atoms with E-state index < -0.39 is 23.8 Å². The Morgan fingerprint density at radius 1 is 1.48 bits per heavy atom. The maximum absolute atomic E-state index is 12.9. The molecule has 1 aromatic rings. The van der Waals surface area contributed by atoms with Crippen LogP contribution in [0.1, 0.15) is 19.8 Å². The van der Waals surface area contributed by atoms with Gasteiger partial charge in [0.15, 0.2) is 6.10 Å². The number of aliphatic carboxylic acids is 1. The number of carbonyl (C=O) groups excluding carboxylic acids is 1. The number of rotatable bonds is 5. The van der Waals surface area contributed by atoms with Gasteiger partial charge in [0.1, 0.15) is 11.6 Å². The number of nitrogens with one attached hydrogen (secondary N) is 1. The minimum absolute atomic E-state index is 0.0873. The second-order valence-corrected chi connectivity index (χ2v) is 5.45. The predicted octanol–water partition coefficient (Wildman–Crippen LogP) is 2.23. The van der Waals surface area contributed by atoms with Crippen LogP contribution in [-0.4, -0.2) is 29.1 Å². The minimum Gasteiger partial charge on any atom is -0.481 e. The van der Waals surface area contributed by atoms with Gasteiger partial charge in [-0.05, 0) is 38.0 Å². The van der Waals surface area contributed by atoms with Crippen LogP contribution >= 0.6 is 11.6 Å². The molecule has 0 radical (unpaired) electrons. The van der Waals surface area contributed by atoms with Crippen LogP contribution in [0.25, 0.3) is 0 Å². The number of carbonyl (C=O) groups is 2. The van der Waals surface area contributed by atoms with Gasteiger partial charge in [0.05, 0.1) is 10.9 Å². The fraction of sp³-hybridized carbons (Fsp3) is 0.429. The Hall–Kier alpha value is -1.82. The lowest BCUT2D eigenvalue weighted by atomic mass is 9.80. The van der Waals surface area contributed by atoms with E-state index in [1.54, 1.807) is 6.92 Å². The summed E-state index contributed by atoms with van der Waals surface area (Å²) in [5, 5.41) is 11.6. The largest absolute Gasteiger partial charge is 0.481 e. The Morgan fingerprint density at radius 3 is 2.71 bits per heavy atom. The fourth-order valence-corrected chi connectivity index (χ4v) is 2.28. The van der Waals surface area contributed by atoms with Crippen molar-refractivity contribution in [2.75, 3.05) is 0 Å². The molecule has 21 heavy (non-hydrogen) atoms. The molecule has 2 rings (SSSR count). The normalized spacial score (nSPS) is 22.0. The van der Waals surface area contributed by atoms with Gasteiger partial charge in [-0.3, -0.25) is 9.59 Å². The van der Waals surface area contributed by atoms with Crippen molar-refractivity contribution in [3.05, 3.63) is 29.0 Å². The molecule has 7 heteroatoms. The molecule has 1 fully saturated rings. The first-order valence-electron chi connectivity index (χ1n) is 6.51. The number of hydrogen-bond donors (Lipinski definition) is 2. The van der Waals surface area contributed by atoms with Crippen LogP contribution in [0.2, 0.25) is 5.02 Å². The number of hydrogen-bond acceptors (Lipinski definition) is 3. The fourth-order valence-electron chi connectivity index (χ4n) is 2.07. The molecular weight excluding hydrogens is 301 g/mol. The Labute approximate surface area is 126 Å². The standard InChI is InChI=1S/C14H15ClFNO4/c1-7(21-12-3-2-9(16)6-11(12)15)13(18)17-10-4-8(5-10)14(19)20/h2-3,6-8,10H,4-5H2,1H3,(H,17,18)(H,19,20). The summed E-state index contributed by atoms with van der Waals surface area (Å²) in [5.74, 6) is -1.86. The van der Waals surface area contributed by atoms with Gasteiger partial charge in [0, 0.05) is 6.04 Å². The number of carboxylic acid groups (broad SMARTS) is 1. The van der Waals surface area contributed by atoms with Crippen LogP contribution in [0.15, 0.2) is 18.2 Å². The van der Waals surface area contributed by atoms with Crippen LogP contribution in [0.4, 0.5) is 4.39 Å². The SMILES string of the molecule is CC(Oc1ccc(F)cc1Cl)C(=O)NC1CC(C(=O)O)C1. The highest BCUT2D eigenvalue weighted by molar-refractivity contribution is 6.32. The lowest BCUT2D eigenvalue weighted by Gasteiger charge is -2.33. The number of ether oxygens (including phenoxy) is 1. The molecule has 1 aliphatic rings. The Balaban J connectivity index is 1.84. The van der Waals surface area contributed by atoms with Crippen LogP contribution in [0.5, 0.6) is 5.75 Å². The molecule has 0 spiro atoms. The topological polar surface area (TPSA) is 75.6 Å². The third kappa shape index (κ3) is 3.85. The number of halogens is 2. The lowest BCUT2D eigenvalue weighted by Crippen LogP contribution is -2.50. The number of carboxylic acids is 1. The van der Waals surface area contributed by atoms with E-state index in [9.17, 15) is 14.0 Å². The van der Waals surface area contributed by atoms with E-state index in [0.29, 0.717) is 12.8 Å². The maximum atomic E-state index is 12.9. The van der Waals surface area contributed by atoms with Crippen molar-refractivity contribution in [1.29, 1.82) is 0 Å². The molecule has 1 atom stereocenters. The summed E-state index contributed by atoms with van der Waals surface area (Å²) in [6.45, 7) is 1.54. The van der Waals surface area contributed by atoms with Gasteiger partial charge in [-0.2, -0.15) is 0 Å². The van der Waals surface area contributed by atoms with Crippen LogP contribution in [0.3, 0.4) is 0 Å². The Bertz CT molecular complexity index is 560. The molecule has 0 aliphatic heterocycles. The molecule has 1 saturated carbocycles. The van der Waals surface area contributed by atoms with Crippen molar-refractivity contribution in [3.8, 4) is 5.75 Å². The summed E-state index contributed by atoms with van der Waals surface area (Å²) in [6.07, 6.45) is 0.0350. The van der Waals surface area contributed by atoms with Crippen molar-refractivity contribution in [1.82, 2.24) is 5.32 Å². The molecule has 114 valence electrons. The number of benzene rings is 1. The van der Waals surface area contributed by atoms with E-state index in [4.69, 9.17) is 21.4 Å². The molecule has 1 aromatic carbocycles. The van der Waals surface area contributed by atoms with Crippen LogP contribution in [-0.2, 0) is 9.59 Å². The van der Waals surface area contributed by atoms with Crippen molar-refractivity contribution in [3.63, 3.8) is 0 Å². The molecule has 1 aliphatic carbocycles. The summed E-state index contributed by atoms with van der Waals surface area (Å²) >= 11 is 5.81. The van der Waals surface area contributed by atoms with E-state index in [-0.39, 0.29) is 22.7 Å². The third-order valence-electron chi connectivity index (χ3n) is 3.40. The van der Waals surface area contributed by atoms with Gasteiger partial charge in [0.2, 0.25) is 0 Å². The summed E-state index contributed by atoms with van der Waals surface area (Å²) in [4.78, 5) is 22.6. The first-order valence-corrected chi connectivity index (χ1v) is 6.89. The average molecular weight is 316 g/mol. The highest BCUT2D eigenvalue weighted by Crippen LogP contribution is 2.28. The van der Waals surface area contributed by atoms with Gasteiger partial charge in [-0.1, -0.05) is 11.6 Å². The zero-order valence-electron chi connectivity index (χ0n) is 11.3. The van der Waals surface area contributed by atoms with Crippen molar-refractivity contribution in [2.24, 2.45) is 5.92 Å². The van der Waals surface area contributed by atoms with E-state index >= 15 is 0 Å². The van der Waals surface area contributed by atoms with Crippen molar-refractivity contribution in [2.45, 2.75) is 31.9 Å². The summed E-state index contributed by atoms with van der Waals surface area (Å²) < 4.78 is 18.3. The zero-order chi connectivity index (χ0) is 15.6. The quantitative estimate of drug-likeness (QED) is 0.873. The maximum Gasteiger partial charge on any atom is 0.306 e. The minimum atomic E-state index is -0.845. The van der Waals surface area contributed by atoms with E-state index in [1.165, 1.54) is 12.1 Å². The van der Waals surface area contributed by atoms with Crippen LogP contribution in [0, 0.1) is 11.7 Å². The van der Waals surface area contributed by atoms with Crippen molar-refractivity contribution >= 4 is 23.5 Å². The Morgan fingerprint density at radius 2 is 2.14 bits per heavy atom. The van der Waals surface area contributed by atoms with Gasteiger partial charge in [-0.15, -0.1) is 0 Å². The molecule has 0 saturated heterocycles. The molecule has 1 amide bonds. The molecule has 0 heterocycles. The highest BCUT2D eigenvalue weighted by atomic mass is 35.5. The highest BCUT2D eigenvalue weighted by Gasteiger charge is 2.36. The van der Waals surface area contributed by atoms with E-state index in [2.05, 4.69) is 5.32 Å². The molecule has 5 nitrogen and oxygen atoms in total. The summed E-state index contributed by atoms with van der Waals surface area (Å²) in [6, 6.07) is 3.50. The summed E-state index contributed by atoms with van der Waals surface area (Å²) in [7, 11) is 0. The monoisotopic (exact) mass is 315 g/mol. The van der Waals surface area contributed by atoms with Gasteiger partial charge >= 0.3 is 5.97 Å². The van der Waals surface area contributed by atoms with E-state index in [0.717, 1.165) is 6.07 Å². The first kappa shape index (κ1) is 15.6. The van der Waals surface area contributed by atoms with Gasteiger partial charge in [-0.25, -0.2) is 4.39 Å². The molecular formula is C14H15ClFNO4. The van der Waals surface area contributed by atoms with E-state index in [1.807, 2.05) is 0 Å². The number of amides is 1. The molecule has 0 aromatic heterocycles. The molecule has 1 unspecified atom stereocenters.